The minimum atomic E-state index is -0.946. The molecule has 0 radical (unpaired) electrons. The Kier molecular flexibility index (Phi) is 4.20. The molecule has 0 bridgehead atoms. The van der Waals surface area contributed by atoms with Crippen LogP contribution in [0.4, 0.5) is 0 Å². The van der Waals surface area contributed by atoms with E-state index in [4.69, 9.17) is 5.11 Å². The molecule has 2 heterocycles. The van der Waals surface area contributed by atoms with Crippen molar-refractivity contribution in [2.45, 2.75) is 20.0 Å². The standard InChI is InChI=1S/C14H15N3O2/c1-10-13(14(18)19)6-5-12(17-10)9-15-8-11-4-2-3-7-16-11/h2-7,15H,8-9H2,1H3,(H,18,19). The van der Waals surface area contributed by atoms with Gasteiger partial charge >= 0.3 is 5.97 Å². The number of nitrogens with zero attached hydrogens (tertiary/aromatic N) is 2. The van der Waals surface area contributed by atoms with Crippen LogP contribution in [-0.4, -0.2) is 21.0 Å². The first-order valence-corrected chi connectivity index (χ1v) is 5.97. The van der Waals surface area contributed by atoms with E-state index in [0.717, 1.165) is 11.4 Å². The number of hydrogen-bond acceptors (Lipinski definition) is 4. The van der Waals surface area contributed by atoms with Crippen molar-refractivity contribution in [3.05, 3.63) is 59.2 Å². The topological polar surface area (TPSA) is 75.1 Å². The first-order valence-electron chi connectivity index (χ1n) is 5.97. The zero-order valence-corrected chi connectivity index (χ0v) is 10.6. The minimum absolute atomic E-state index is 0.244. The van der Waals surface area contributed by atoms with E-state index >= 15 is 0 Å². The quantitative estimate of drug-likeness (QED) is 0.853. The summed E-state index contributed by atoms with van der Waals surface area (Å²) in [6.45, 7) is 2.94. The molecule has 0 aromatic carbocycles. The van der Waals surface area contributed by atoms with Gasteiger partial charge in [0.05, 0.1) is 22.6 Å². The van der Waals surface area contributed by atoms with E-state index < -0.39 is 5.97 Å². The van der Waals surface area contributed by atoms with E-state index in [2.05, 4.69) is 15.3 Å². The second kappa shape index (κ2) is 6.06. The predicted octanol–water partition coefficient (Wildman–Crippen LogP) is 1.77. The molecule has 0 spiro atoms. The molecule has 0 saturated heterocycles. The Balaban J connectivity index is 1.93. The summed E-state index contributed by atoms with van der Waals surface area (Å²) >= 11 is 0. The highest BCUT2D eigenvalue weighted by Crippen LogP contribution is 2.07. The highest BCUT2D eigenvalue weighted by atomic mass is 16.4. The number of aryl methyl sites for hydroxylation is 1. The average Bonchev–Trinajstić information content (AvgIpc) is 2.39. The van der Waals surface area contributed by atoms with Gasteiger partial charge in [-0.05, 0) is 31.2 Å². The maximum atomic E-state index is 10.9. The summed E-state index contributed by atoms with van der Waals surface area (Å²) in [7, 11) is 0. The number of carboxylic acid groups (broad SMARTS) is 1. The first-order chi connectivity index (χ1) is 9.16. The van der Waals surface area contributed by atoms with Gasteiger partial charge in [0.2, 0.25) is 0 Å². The van der Waals surface area contributed by atoms with E-state index in [1.54, 1.807) is 25.3 Å². The molecule has 2 aromatic rings. The normalized spacial score (nSPS) is 10.4. The van der Waals surface area contributed by atoms with Gasteiger partial charge in [0.1, 0.15) is 0 Å². The molecule has 2 aromatic heterocycles. The first kappa shape index (κ1) is 13.2. The Morgan fingerprint density at radius 2 is 2.00 bits per heavy atom. The third-order valence-electron chi connectivity index (χ3n) is 2.71. The second-order valence-corrected chi connectivity index (χ2v) is 4.17. The smallest absolute Gasteiger partial charge is 0.337 e. The molecular formula is C14H15N3O2. The van der Waals surface area contributed by atoms with Gasteiger partial charge in [0.25, 0.3) is 0 Å². The van der Waals surface area contributed by atoms with Crippen molar-refractivity contribution in [3.63, 3.8) is 0 Å². The number of pyridine rings is 2. The molecule has 0 fully saturated rings. The fourth-order valence-corrected chi connectivity index (χ4v) is 1.76. The van der Waals surface area contributed by atoms with Crippen molar-refractivity contribution in [2.24, 2.45) is 0 Å². The fraction of sp³-hybridized carbons (Fsp3) is 0.214. The molecule has 0 unspecified atom stereocenters. The summed E-state index contributed by atoms with van der Waals surface area (Å²) in [5, 5.41) is 12.1. The summed E-state index contributed by atoms with van der Waals surface area (Å²) in [4.78, 5) is 19.3. The highest BCUT2D eigenvalue weighted by molar-refractivity contribution is 5.88. The number of rotatable bonds is 5. The Morgan fingerprint density at radius 3 is 2.63 bits per heavy atom. The van der Waals surface area contributed by atoms with E-state index in [0.29, 0.717) is 18.8 Å². The SMILES string of the molecule is Cc1nc(CNCc2ccccn2)ccc1C(=O)O. The van der Waals surface area contributed by atoms with Gasteiger partial charge < -0.3 is 10.4 Å². The average molecular weight is 257 g/mol. The summed E-state index contributed by atoms with van der Waals surface area (Å²) in [5.74, 6) is -0.946. The van der Waals surface area contributed by atoms with Gasteiger partial charge in [-0.25, -0.2) is 4.79 Å². The number of aromatic nitrogens is 2. The molecule has 19 heavy (non-hydrogen) atoms. The summed E-state index contributed by atoms with van der Waals surface area (Å²) in [5.41, 5.74) is 2.55. The third-order valence-corrected chi connectivity index (χ3v) is 2.71. The number of carbonyl (C=O) groups is 1. The lowest BCUT2D eigenvalue weighted by Crippen LogP contribution is -2.15. The Labute approximate surface area is 111 Å². The van der Waals surface area contributed by atoms with Crippen molar-refractivity contribution < 1.29 is 9.90 Å². The van der Waals surface area contributed by atoms with Gasteiger partial charge in [0.15, 0.2) is 0 Å². The van der Waals surface area contributed by atoms with Crippen LogP contribution in [0.25, 0.3) is 0 Å². The largest absolute Gasteiger partial charge is 0.478 e. The predicted molar refractivity (Wildman–Crippen MR) is 70.7 cm³/mol. The molecule has 2 rings (SSSR count). The van der Waals surface area contributed by atoms with Crippen molar-refractivity contribution >= 4 is 5.97 Å². The molecule has 0 amide bonds. The van der Waals surface area contributed by atoms with E-state index in [1.807, 2.05) is 18.2 Å². The third kappa shape index (κ3) is 3.59. The lowest BCUT2D eigenvalue weighted by molar-refractivity contribution is 0.0695. The molecule has 0 aliphatic heterocycles. The number of nitrogens with one attached hydrogen (secondary N) is 1. The minimum Gasteiger partial charge on any atom is -0.478 e. The van der Waals surface area contributed by atoms with Crippen LogP contribution >= 0.6 is 0 Å². The van der Waals surface area contributed by atoms with Crippen LogP contribution < -0.4 is 5.32 Å². The molecular weight excluding hydrogens is 242 g/mol. The molecule has 5 heteroatoms. The van der Waals surface area contributed by atoms with Gasteiger partial charge in [-0.3, -0.25) is 9.97 Å². The van der Waals surface area contributed by atoms with E-state index in [-0.39, 0.29) is 5.56 Å². The van der Waals surface area contributed by atoms with E-state index in [1.165, 1.54) is 0 Å². The van der Waals surface area contributed by atoms with Crippen LogP contribution in [0, 0.1) is 6.92 Å². The highest BCUT2D eigenvalue weighted by Gasteiger charge is 2.08. The van der Waals surface area contributed by atoms with Crippen molar-refractivity contribution in [1.82, 2.24) is 15.3 Å². The Bertz CT molecular complexity index is 570. The van der Waals surface area contributed by atoms with Crippen LogP contribution in [-0.2, 0) is 13.1 Å². The summed E-state index contributed by atoms with van der Waals surface area (Å²) < 4.78 is 0. The van der Waals surface area contributed by atoms with Crippen LogP contribution in [0.3, 0.4) is 0 Å². The summed E-state index contributed by atoms with van der Waals surface area (Å²) in [6.07, 6.45) is 1.75. The summed E-state index contributed by atoms with van der Waals surface area (Å²) in [6, 6.07) is 9.07. The number of carboxylic acids is 1. The van der Waals surface area contributed by atoms with Crippen molar-refractivity contribution in [1.29, 1.82) is 0 Å². The number of hydrogen-bond donors (Lipinski definition) is 2. The lowest BCUT2D eigenvalue weighted by atomic mass is 10.2. The van der Waals surface area contributed by atoms with Gasteiger partial charge in [-0.2, -0.15) is 0 Å². The van der Waals surface area contributed by atoms with Gasteiger partial charge in [-0.1, -0.05) is 6.07 Å². The Hall–Kier alpha value is -2.27. The molecule has 0 aliphatic rings. The lowest BCUT2D eigenvalue weighted by Gasteiger charge is -2.06. The molecule has 2 N–H and O–H groups in total. The van der Waals surface area contributed by atoms with Crippen LogP contribution in [0.2, 0.25) is 0 Å². The van der Waals surface area contributed by atoms with Gasteiger partial charge in [0, 0.05) is 19.3 Å². The van der Waals surface area contributed by atoms with Crippen LogP contribution in [0.1, 0.15) is 27.4 Å². The monoisotopic (exact) mass is 257 g/mol. The molecule has 0 saturated carbocycles. The zero-order chi connectivity index (χ0) is 13.7. The maximum absolute atomic E-state index is 10.9. The second-order valence-electron chi connectivity index (χ2n) is 4.17. The molecule has 0 atom stereocenters. The molecule has 98 valence electrons. The molecule has 0 aliphatic carbocycles. The van der Waals surface area contributed by atoms with Gasteiger partial charge in [-0.15, -0.1) is 0 Å². The fourth-order valence-electron chi connectivity index (χ4n) is 1.76. The zero-order valence-electron chi connectivity index (χ0n) is 10.6. The Morgan fingerprint density at radius 1 is 1.21 bits per heavy atom. The maximum Gasteiger partial charge on any atom is 0.337 e. The molecule has 5 nitrogen and oxygen atoms in total. The number of aromatic carboxylic acids is 1. The van der Waals surface area contributed by atoms with Crippen LogP contribution in [0.5, 0.6) is 0 Å². The van der Waals surface area contributed by atoms with E-state index in [9.17, 15) is 4.79 Å². The van der Waals surface area contributed by atoms with Crippen molar-refractivity contribution in [2.75, 3.05) is 0 Å². The van der Waals surface area contributed by atoms with Crippen molar-refractivity contribution in [3.8, 4) is 0 Å². The van der Waals surface area contributed by atoms with Crippen LogP contribution in [0.15, 0.2) is 36.5 Å².